The number of aliphatic hydroxyl groups is 1. The van der Waals surface area contributed by atoms with Gasteiger partial charge in [-0.05, 0) is 18.9 Å². The number of aliphatic hydroxyl groups excluding tert-OH is 1. The topological polar surface area (TPSA) is 53.7 Å². The Balaban J connectivity index is 1.83. The Morgan fingerprint density at radius 1 is 1.56 bits per heavy atom. The van der Waals surface area contributed by atoms with Gasteiger partial charge in [-0.15, -0.1) is 0 Å². The Morgan fingerprint density at radius 3 is 3.00 bits per heavy atom. The summed E-state index contributed by atoms with van der Waals surface area (Å²) in [5.74, 6) is 0.846. The molecule has 0 unspecified atom stereocenters. The minimum atomic E-state index is -1.04. The van der Waals surface area contributed by atoms with Gasteiger partial charge < -0.3 is 14.4 Å². The number of hydrogen-bond donors (Lipinski definition) is 1. The Morgan fingerprint density at radius 2 is 2.33 bits per heavy atom. The van der Waals surface area contributed by atoms with E-state index in [0.29, 0.717) is 11.5 Å². The molecule has 0 bridgehead atoms. The van der Waals surface area contributed by atoms with E-state index in [0.717, 1.165) is 18.6 Å². The predicted octanol–water partition coefficient (Wildman–Crippen LogP) is 1.70. The molecule has 18 heavy (non-hydrogen) atoms. The zero-order chi connectivity index (χ0) is 12.7. The molecule has 98 valence electrons. The van der Waals surface area contributed by atoms with Crippen LogP contribution in [0.5, 0.6) is 0 Å². The van der Waals surface area contributed by atoms with Crippen molar-refractivity contribution in [1.82, 2.24) is 4.90 Å². The third-order valence-electron chi connectivity index (χ3n) is 3.71. The number of carbonyl (C=O) groups excluding carboxylic acids is 1. The molecule has 0 aromatic carbocycles. The number of likely N-dealkylation sites (tertiary alicyclic amines) is 1. The SMILES string of the molecule is O=C(c1ccoc1C1CC1)N1C[C@@H](F)C[C@H]1CO. The first-order valence-corrected chi connectivity index (χ1v) is 6.34. The molecule has 4 nitrogen and oxygen atoms in total. The molecule has 2 aliphatic rings. The van der Waals surface area contributed by atoms with Crippen molar-refractivity contribution in [3.63, 3.8) is 0 Å². The summed E-state index contributed by atoms with van der Waals surface area (Å²) >= 11 is 0. The maximum atomic E-state index is 13.4. The zero-order valence-corrected chi connectivity index (χ0v) is 10.0. The van der Waals surface area contributed by atoms with E-state index in [4.69, 9.17) is 4.42 Å². The molecule has 0 spiro atoms. The van der Waals surface area contributed by atoms with Crippen LogP contribution in [0.4, 0.5) is 4.39 Å². The fraction of sp³-hybridized carbons (Fsp3) is 0.615. The lowest BCUT2D eigenvalue weighted by Gasteiger charge is -2.22. The highest BCUT2D eigenvalue weighted by atomic mass is 19.1. The van der Waals surface area contributed by atoms with Crippen molar-refractivity contribution in [2.24, 2.45) is 0 Å². The maximum absolute atomic E-state index is 13.4. The Hall–Kier alpha value is -1.36. The van der Waals surface area contributed by atoms with E-state index in [1.54, 1.807) is 6.07 Å². The molecule has 2 heterocycles. The average Bonchev–Trinajstić information content (AvgIpc) is 2.97. The Labute approximate surface area is 104 Å². The number of rotatable bonds is 3. The summed E-state index contributed by atoms with van der Waals surface area (Å²) in [5.41, 5.74) is 0.532. The quantitative estimate of drug-likeness (QED) is 0.892. The van der Waals surface area contributed by atoms with Crippen molar-refractivity contribution in [3.8, 4) is 0 Å². The number of furan rings is 1. The van der Waals surface area contributed by atoms with Gasteiger partial charge in [0.05, 0.1) is 31.0 Å². The minimum Gasteiger partial charge on any atom is -0.468 e. The van der Waals surface area contributed by atoms with Gasteiger partial charge in [-0.3, -0.25) is 4.79 Å². The Kier molecular flexibility index (Phi) is 2.86. The van der Waals surface area contributed by atoms with Gasteiger partial charge in [0.15, 0.2) is 0 Å². The monoisotopic (exact) mass is 253 g/mol. The van der Waals surface area contributed by atoms with Crippen molar-refractivity contribution in [1.29, 1.82) is 0 Å². The Bertz CT molecular complexity index is 455. The number of alkyl halides is 1. The molecule has 0 radical (unpaired) electrons. The molecule has 1 saturated carbocycles. The van der Waals surface area contributed by atoms with Gasteiger partial charge in [-0.25, -0.2) is 4.39 Å². The van der Waals surface area contributed by atoms with Crippen LogP contribution in [0.2, 0.25) is 0 Å². The standard InChI is InChI=1S/C13H16FNO3/c14-9-5-10(7-16)15(6-9)13(17)11-3-4-18-12(11)8-1-2-8/h3-4,8-10,16H,1-2,5-7H2/t9-,10-/m0/s1. The highest BCUT2D eigenvalue weighted by Crippen LogP contribution is 2.42. The lowest BCUT2D eigenvalue weighted by Crippen LogP contribution is -2.38. The number of halogens is 1. The predicted molar refractivity (Wildman–Crippen MR) is 62.1 cm³/mol. The maximum Gasteiger partial charge on any atom is 0.257 e. The number of hydrogen-bond acceptors (Lipinski definition) is 3. The smallest absolute Gasteiger partial charge is 0.257 e. The summed E-state index contributed by atoms with van der Waals surface area (Å²) in [6, 6.07) is 1.24. The molecule has 3 rings (SSSR count). The number of nitrogens with zero attached hydrogens (tertiary/aromatic N) is 1. The van der Waals surface area contributed by atoms with E-state index in [9.17, 15) is 14.3 Å². The van der Waals surface area contributed by atoms with Crippen molar-refractivity contribution in [2.75, 3.05) is 13.2 Å². The van der Waals surface area contributed by atoms with E-state index in [2.05, 4.69) is 0 Å². The molecule has 1 saturated heterocycles. The third kappa shape index (κ3) is 1.92. The van der Waals surface area contributed by atoms with Gasteiger partial charge in [0.1, 0.15) is 11.9 Å². The third-order valence-corrected chi connectivity index (χ3v) is 3.71. The fourth-order valence-corrected chi connectivity index (χ4v) is 2.60. The summed E-state index contributed by atoms with van der Waals surface area (Å²) in [6.07, 6.45) is 2.78. The van der Waals surface area contributed by atoms with Gasteiger partial charge in [0.25, 0.3) is 5.91 Å². The highest BCUT2D eigenvalue weighted by Gasteiger charge is 2.38. The van der Waals surface area contributed by atoms with Crippen LogP contribution in [-0.2, 0) is 0 Å². The first kappa shape index (κ1) is 11.7. The number of carbonyl (C=O) groups is 1. The second-order valence-corrected chi connectivity index (χ2v) is 5.10. The van der Waals surface area contributed by atoms with Crippen LogP contribution < -0.4 is 0 Å². The van der Waals surface area contributed by atoms with Crippen molar-refractivity contribution in [3.05, 3.63) is 23.7 Å². The van der Waals surface area contributed by atoms with Crippen molar-refractivity contribution in [2.45, 2.75) is 37.4 Å². The molecule has 1 aliphatic carbocycles. The lowest BCUT2D eigenvalue weighted by atomic mass is 10.1. The largest absolute Gasteiger partial charge is 0.468 e. The van der Waals surface area contributed by atoms with Crippen LogP contribution in [-0.4, -0.2) is 41.3 Å². The average molecular weight is 253 g/mol. The molecular formula is C13H16FNO3. The van der Waals surface area contributed by atoms with Gasteiger partial charge >= 0.3 is 0 Å². The summed E-state index contributed by atoms with van der Waals surface area (Å²) in [7, 11) is 0. The summed E-state index contributed by atoms with van der Waals surface area (Å²) in [4.78, 5) is 13.8. The minimum absolute atomic E-state index is 0.0688. The first-order valence-electron chi connectivity index (χ1n) is 6.34. The van der Waals surface area contributed by atoms with Gasteiger partial charge in [-0.2, -0.15) is 0 Å². The van der Waals surface area contributed by atoms with E-state index < -0.39 is 12.2 Å². The van der Waals surface area contributed by atoms with Crippen LogP contribution >= 0.6 is 0 Å². The van der Waals surface area contributed by atoms with Gasteiger partial charge in [0.2, 0.25) is 0 Å². The molecular weight excluding hydrogens is 237 g/mol. The van der Waals surface area contributed by atoms with Gasteiger partial charge in [-0.1, -0.05) is 0 Å². The summed E-state index contributed by atoms with van der Waals surface area (Å²) < 4.78 is 18.7. The van der Waals surface area contributed by atoms with Crippen LogP contribution in [0.1, 0.15) is 41.3 Å². The van der Waals surface area contributed by atoms with Crippen LogP contribution in [0.15, 0.2) is 16.7 Å². The number of amides is 1. The molecule has 1 aliphatic heterocycles. The van der Waals surface area contributed by atoms with Crippen LogP contribution in [0.3, 0.4) is 0 Å². The van der Waals surface area contributed by atoms with E-state index >= 15 is 0 Å². The summed E-state index contributed by atoms with van der Waals surface area (Å²) in [5, 5.41) is 9.21. The molecule has 1 N–H and O–H groups in total. The first-order chi connectivity index (χ1) is 8.70. The fourth-order valence-electron chi connectivity index (χ4n) is 2.60. The molecule has 2 atom stereocenters. The summed E-state index contributed by atoms with van der Waals surface area (Å²) in [6.45, 7) is -0.123. The van der Waals surface area contributed by atoms with E-state index in [1.807, 2.05) is 0 Å². The van der Waals surface area contributed by atoms with Gasteiger partial charge in [0, 0.05) is 12.3 Å². The lowest BCUT2D eigenvalue weighted by molar-refractivity contribution is 0.0670. The second-order valence-electron chi connectivity index (χ2n) is 5.10. The van der Waals surface area contributed by atoms with Crippen molar-refractivity contribution < 1.29 is 18.7 Å². The molecule has 1 aromatic rings. The molecule has 2 fully saturated rings. The highest BCUT2D eigenvalue weighted by molar-refractivity contribution is 5.96. The van der Waals surface area contributed by atoms with Crippen molar-refractivity contribution >= 4 is 5.91 Å². The molecule has 1 aromatic heterocycles. The molecule has 5 heteroatoms. The van der Waals surface area contributed by atoms with Crippen LogP contribution in [0, 0.1) is 0 Å². The zero-order valence-electron chi connectivity index (χ0n) is 10.0. The normalized spacial score (nSPS) is 27.8. The molecule has 1 amide bonds. The van der Waals surface area contributed by atoms with E-state index in [-0.39, 0.29) is 25.5 Å². The second kappa shape index (κ2) is 4.39. The van der Waals surface area contributed by atoms with E-state index in [1.165, 1.54) is 11.2 Å². The van der Waals surface area contributed by atoms with Crippen LogP contribution in [0.25, 0.3) is 0 Å².